The molecule has 1 N–H and O–H groups in total. The zero-order chi connectivity index (χ0) is 20.1. The van der Waals surface area contributed by atoms with Crippen molar-refractivity contribution in [2.45, 2.75) is 18.2 Å². The molecule has 1 aromatic heterocycles. The van der Waals surface area contributed by atoms with E-state index in [1.165, 1.54) is 30.7 Å². The molecule has 0 fully saturated rings. The number of nitrogens with zero attached hydrogens (tertiary/aromatic N) is 1. The highest BCUT2D eigenvalue weighted by Crippen LogP contribution is 2.42. The monoisotopic (exact) mass is 400 g/mol. The number of rotatable bonds is 4. The number of hydrogen-bond donors (Lipinski definition) is 1. The van der Waals surface area contributed by atoms with Crippen molar-refractivity contribution in [3.05, 3.63) is 57.9 Å². The van der Waals surface area contributed by atoms with Crippen LogP contribution >= 0.6 is 0 Å². The fourth-order valence-electron chi connectivity index (χ4n) is 3.78. The number of methoxy groups -OCH3 is 2. The van der Waals surface area contributed by atoms with E-state index in [1.54, 1.807) is 13.0 Å². The summed E-state index contributed by atoms with van der Waals surface area (Å²) >= 11 is 0. The number of aryl methyl sites for hydroxylation is 1. The molecule has 1 aliphatic rings. The first kappa shape index (κ1) is 18.4. The van der Waals surface area contributed by atoms with Crippen LogP contribution in [0.5, 0.6) is 11.5 Å². The molecule has 0 radical (unpaired) electrons. The summed E-state index contributed by atoms with van der Waals surface area (Å²) in [5.41, 5.74) is 2.37. The van der Waals surface area contributed by atoms with Crippen LogP contribution in [0.2, 0.25) is 0 Å². The van der Waals surface area contributed by atoms with Gasteiger partial charge in [0.15, 0.2) is 0 Å². The Morgan fingerprint density at radius 3 is 2.57 bits per heavy atom. The number of aromatic nitrogens is 1. The van der Waals surface area contributed by atoms with Crippen LogP contribution in [-0.4, -0.2) is 34.2 Å². The number of H-pyrrole nitrogens is 1. The van der Waals surface area contributed by atoms with E-state index in [0.717, 1.165) is 5.56 Å². The molecule has 2 heterocycles. The summed E-state index contributed by atoms with van der Waals surface area (Å²) in [6, 6.07) is 10.3. The SMILES string of the molecule is COc1cc(S(=O)(=O)N2CCc3ccccc32)c(OC)c2c(C)cc(=O)[nH]c12. The second kappa shape index (κ2) is 6.56. The van der Waals surface area contributed by atoms with E-state index in [-0.39, 0.29) is 22.0 Å². The van der Waals surface area contributed by atoms with Gasteiger partial charge in [-0.25, -0.2) is 8.42 Å². The van der Waals surface area contributed by atoms with Crippen LogP contribution in [0, 0.1) is 6.92 Å². The molecule has 0 saturated heterocycles. The zero-order valence-corrected chi connectivity index (χ0v) is 16.6. The Morgan fingerprint density at radius 1 is 1.11 bits per heavy atom. The molecule has 0 aliphatic carbocycles. The normalized spacial score (nSPS) is 13.6. The van der Waals surface area contributed by atoms with Crippen LogP contribution in [0.25, 0.3) is 10.9 Å². The molecule has 8 heteroatoms. The van der Waals surface area contributed by atoms with Crippen LogP contribution in [0.15, 0.2) is 46.1 Å². The van der Waals surface area contributed by atoms with E-state index in [2.05, 4.69) is 4.98 Å². The first-order valence-corrected chi connectivity index (χ1v) is 10.2. The van der Waals surface area contributed by atoms with Crippen LogP contribution < -0.4 is 19.3 Å². The third-order valence-electron chi connectivity index (χ3n) is 5.04. The second-order valence-corrected chi connectivity index (χ2v) is 8.46. The summed E-state index contributed by atoms with van der Waals surface area (Å²) in [7, 11) is -1.06. The van der Waals surface area contributed by atoms with Gasteiger partial charge in [0.1, 0.15) is 16.4 Å². The van der Waals surface area contributed by atoms with E-state index < -0.39 is 10.0 Å². The number of sulfonamides is 1. The Morgan fingerprint density at radius 2 is 1.86 bits per heavy atom. The highest BCUT2D eigenvalue weighted by atomic mass is 32.2. The standard InChI is InChI=1S/C20H20N2O5S/c1-12-10-17(23)21-19-15(26-2)11-16(20(27-3)18(12)19)28(24,25)22-9-8-13-6-4-5-7-14(13)22/h4-7,10-11H,8-9H2,1-3H3,(H,21,23). The van der Waals surface area contributed by atoms with Gasteiger partial charge in [0.25, 0.3) is 10.0 Å². The second-order valence-electron chi connectivity index (χ2n) is 6.63. The van der Waals surface area contributed by atoms with Crippen molar-refractivity contribution in [3.8, 4) is 11.5 Å². The van der Waals surface area contributed by atoms with Crippen LogP contribution in [-0.2, 0) is 16.4 Å². The van der Waals surface area contributed by atoms with Gasteiger partial charge in [-0.1, -0.05) is 18.2 Å². The van der Waals surface area contributed by atoms with Gasteiger partial charge >= 0.3 is 0 Å². The fraction of sp³-hybridized carbons (Fsp3) is 0.250. The van der Waals surface area contributed by atoms with Crippen molar-refractivity contribution < 1.29 is 17.9 Å². The molecule has 7 nitrogen and oxygen atoms in total. The molecule has 146 valence electrons. The smallest absolute Gasteiger partial charge is 0.268 e. The molecule has 0 amide bonds. The van der Waals surface area contributed by atoms with E-state index in [9.17, 15) is 13.2 Å². The van der Waals surface area contributed by atoms with Gasteiger partial charge in [-0.15, -0.1) is 0 Å². The lowest BCUT2D eigenvalue weighted by molar-refractivity contribution is 0.399. The number of para-hydroxylation sites is 1. The summed E-state index contributed by atoms with van der Waals surface area (Å²) in [6.07, 6.45) is 0.648. The van der Waals surface area contributed by atoms with Gasteiger partial charge in [-0.05, 0) is 30.5 Å². The molecular weight excluding hydrogens is 380 g/mol. The number of benzene rings is 2. The van der Waals surface area contributed by atoms with Gasteiger partial charge in [0.05, 0.1) is 25.4 Å². The van der Waals surface area contributed by atoms with E-state index in [1.807, 2.05) is 18.2 Å². The molecule has 2 aromatic carbocycles. The minimum absolute atomic E-state index is 0.00574. The average molecular weight is 400 g/mol. The minimum atomic E-state index is -3.91. The number of fused-ring (bicyclic) bond motifs is 2. The van der Waals surface area contributed by atoms with Gasteiger partial charge in [0.2, 0.25) is 5.56 Å². The predicted molar refractivity (Wildman–Crippen MR) is 107 cm³/mol. The number of ether oxygens (including phenoxy) is 2. The maximum absolute atomic E-state index is 13.6. The number of pyridine rings is 1. The number of hydrogen-bond acceptors (Lipinski definition) is 5. The fourth-order valence-corrected chi connectivity index (χ4v) is 5.46. The van der Waals surface area contributed by atoms with Gasteiger partial charge in [-0.3, -0.25) is 9.10 Å². The van der Waals surface area contributed by atoms with Gasteiger partial charge < -0.3 is 14.5 Å². The van der Waals surface area contributed by atoms with E-state index in [0.29, 0.717) is 35.1 Å². The van der Waals surface area contributed by atoms with Crippen molar-refractivity contribution in [2.75, 3.05) is 25.1 Å². The molecule has 3 aromatic rings. The molecule has 1 aliphatic heterocycles. The van der Waals surface area contributed by atoms with Crippen LogP contribution in [0.1, 0.15) is 11.1 Å². The summed E-state index contributed by atoms with van der Waals surface area (Å²) < 4.78 is 39.5. The molecule has 4 rings (SSSR count). The Kier molecular flexibility index (Phi) is 4.30. The van der Waals surface area contributed by atoms with Gasteiger partial charge in [0, 0.05) is 24.1 Å². The topological polar surface area (TPSA) is 88.7 Å². The lowest BCUT2D eigenvalue weighted by atomic mass is 10.1. The van der Waals surface area contributed by atoms with Crippen molar-refractivity contribution in [3.63, 3.8) is 0 Å². The summed E-state index contributed by atoms with van der Waals surface area (Å²) in [6.45, 7) is 2.09. The van der Waals surface area contributed by atoms with E-state index in [4.69, 9.17) is 9.47 Å². The molecule has 0 bridgehead atoms. The quantitative estimate of drug-likeness (QED) is 0.727. The molecule has 28 heavy (non-hydrogen) atoms. The molecule has 0 saturated carbocycles. The van der Waals surface area contributed by atoms with Crippen molar-refractivity contribution in [1.29, 1.82) is 0 Å². The largest absolute Gasteiger partial charge is 0.495 e. The maximum atomic E-state index is 13.6. The highest BCUT2D eigenvalue weighted by molar-refractivity contribution is 7.93. The first-order chi connectivity index (χ1) is 13.4. The van der Waals surface area contributed by atoms with Crippen molar-refractivity contribution in [2.24, 2.45) is 0 Å². The zero-order valence-electron chi connectivity index (χ0n) is 15.8. The summed E-state index contributed by atoms with van der Waals surface area (Å²) in [4.78, 5) is 14.6. The molecular formula is C20H20N2O5S. The first-order valence-electron chi connectivity index (χ1n) is 8.77. The Bertz CT molecular complexity index is 1250. The maximum Gasteiger partial charge on any atom is 0.268 e. The molecule has 0 unspecified atom stereocenters. The van der Waals surface area contributed by atoms with E-state index >= 15 is 0 Å². The van der Waals surface area contributed by atoms with Gasteiger partial charge in [-0.2, -0.15) is 0 Å². The Labute approximate surface area is 162 Å². The molecule has 0 spiro atoms. The van der Waals surface area contributed by atoms with Crippen LogP contribution in [0.3, 0.4) is 0 Å². The highest BCUT2D eigenvalue weighted by Gasteiger charge is 2.34. The van der Waals surface area contributed by atoms with Crippen LogP contribution in [0.4, 0.5) is 5.69 Å². The van der Waals surface area contributed by atoms with Crippen molar-refractivity contribution >= 4 is 26.6 Å². The van der Waals surface area contributed by atoms with Crippen molar-refractivity contribution in [1.82, 2.24) is 4.98 Å². The Hall–Kier alpha value is -3.00. The average Bonchev–Trinajstić information content (AvgIpc) is 3.11. The third-order valence-corrected chi connectivity index (χ3v) is 6.85. The summed E-state index contributed by atoms with van der Waals surface area (Å²) in [5.74, 6) is 0.455. The Balaban J connectivity index is 2.03. The lowest BCUT2D eigenvalue weighted by Gasteiger charge is -2.23. The number of nitrogens with one attached hydrogen (secondary N) is 1. The molecule has 0 atom stereocenters. The number of anilines is 1. The third kappa shape index (κ3) is 2.63. The number of aromatic amines is 1. The predicted octanol–water partition coefficient (Wildman–Crippen LogP) is 2.61. The minimum Gasteiger partial charge on any atom is -0.495 e. The lowest BCUT2D eigenvalue weighted by Crippen LogP contribution is -2.29. The summed E-state index contributed by atoms with van der Waals surface area (Å²) in [5, 5.41) is 0.507.